The summed E-state index contributed by atoms with van der Waals surface area (Å²) in [6.45, 7) is 4.32. The van der Waals surface area contributed by atoms with Gasteiger partial charge >= 0.3 is 0 Å². The Hall–Kier alpha value is -1.82. The lowest BCUT2D eigenvalue weighted by molar-refractivity contribution is 0.231. The van der Waals surface area contributed by atoms with Gasteiger partial charge in [0.05, 0.1) is 35.2 Å². The normalized spacial score (nSPS) is 10.8. The Morgan fingerprint density at radius 2 is 2.20 bits per heavy atom. The van der Waals surface area contributed by atoms with Gasteiger partial charge in [-0.3, -0.25) is 0 Å². The molecule has 4 nitrogen and oxygen atoms in total. The molecule has 1 aromatic carbocycles. The molecular formula is C14H18FN3OS. The molecule has 2 N–H and O–H groups in total. The van der Waals surface area contributed by atoms with Crippen molar-refractivity contribution in [3.05, 3.63) is 34.5 Å². The van der Waals surface area contributed by atoms with Crippen LogP contribution in [0.4, 0.5) is 15.8 Å². The minimum absolute atomic E-state index is 0.0928. The van der Waals surface area contributed by atoms with Gasteiger partial charge in [0.15, 0.2) is 11.6 Å². The Morgan fingerprint density at radius 1 is 1.45 bits per heavy atom. The summed E-state index contributed by atoms with van der Waals surface area (Å²) in [5.74, 6) is -0.226. The Morgan fingerprint density at radius 3 is 2.80 bits per heavy atom. The second-order valence-electron chi connectivity index (χ2n) is 4.84. The number of hydrogen-bond acceptors (Lipinski definition) is 5. The fraction of sp³-hybridized carbons (Fsp3) is 0.357. The SMILES string of the molecule is CC(C)Oc1cc(N(C)Cc2cscn2)c(N)cc1F. The van der Waals surface area contributed by atoms with E-state index in [0.717, 1.165) is 11.4 Å². The summed E-state index contributed by atoms with van der Waals surface area (Å²) in [5, 5.41) is 1.97. The molecule has 1 heterocycles. The van der Waals surface area contributed by atoms with Crippen LogP contribution < -0.4 is 15.4 Å². The van der Waals surface area contributed by atoms with Crippen molar-refractivity contribution in [2.75, 3.05) is 17.7 Å². The predicted molar refractivity (Wildman–Crippen MR) is 80.8 cm³/mol. The summed E-state index contributed by atoms with van der Waals surface area (Å²) in [4.78, 5) is 6.16. The van der Waals surface area contributed by atoms with Crippen LogP contribution in [0.5, 0.6) is 5.75 Å². The lowest BCUT2D eigenvalue weighted by atomic mass is 10.2. The van der Waals surface area contributed by atoms with Crippen LogP contribution in [0, 0.1) is 5.82 Å². The highest BCUT2D eigenvalue weighted by molar-refractivity contribution is 7.07. The first kappa shape index (κ1) is 14.6. The number of ether oxygens (including phenoxy) is 1. The first-order valence-electron chi connectivity index (χ1n) is 6.31. The molecule has 0 aliphatic heterocycles. The van der Waals surface area contributed by atoms with E-state index in [1.807, 2.05) is 31.2 Å². The quantitative estimate of drug-likeness (QED) is 0.860. The summed E-state index contributed by atoms with van der Waals surface area (Å²) in [7, 11) is 1.89. The van der Waals surface area contributed by atoms with E-state index >= 15 is 0 Å². The molecular weight excluding hydrogens is 277 g/mol. The molecule has 20 heavy (non-hydrogen) atoms. The maximum atomic E-state index is 13.8. The molecule has 0 amide bonds. The van der Waals surface area contributed by atoms with Crippen molar-refractivity contribution in [3.63, 3.8) is 0 Å². The van der Waals surface area contributed by atoms with Crippen molar-refractivity contribution < 1.29 is 9.13 Å². The van der Waals surface area contributed by atoms with E-state index in [9.17, 15) is 4.39 Å². The van der Waals surface area contributed by atoms with E-state index < -0.39 is 5.82 Å². The third-order valence-corrected chi connectivity index (χ3v) is 3.37. The van der Waals surface area contributed by atoms with E-state index in [2.05, 4.69) is 4.98 Å². The highest BCUT2D eigenvalue weighted by Gasteiger charge is 2.14. The van der Waals surface area contributed by atoms with Crippen LogP contribution in [0.1, 0.15) is 19.5 Å². The number of anilines is 2. The van der Waals surface area contributed by atoms with Gasteiger partial charge in [0.1, 0.15) is 0 Å². The van der Waals surface area contributed by atoms with Crippen LogP contribution in [-0.2, 0) is 6.54 Å². The van der Waals surface area contributed by atoms with E-state index in [0.29, 0.717) is 12.2 Å². The molecule has 0 radical (unpaired) electrons. The number of halogens is 1. The first-order valence-corrected chi connectivity index (χ1v) is 7.25. The fourth-order valence-corrected chi connectivity index (χ4v) is 2.43. The van der Waals surface area contributed by atoms with Crippen molar-refractivity contribution in [2.24, 2.45) is 0 Å². The summed E-state index contributed by atoms with van der Waals surface area (Å²) in [6, 6.07) is 2.93. The van der Waals surface area contributed by atoms with E-state index in [1.54, 1.807) is 22.9 Å². The molecule has 0 aliphatic rings. The molecule has 0 unspecified atom stereocenters. The van der Waals surface area contributed by atoms with Gasteiger partial charge in [-0.05, 0) is 13.8 Å². The fourth-order valence-electron chi connectivity index (χ4n) is 1.88. The predicted octanol–water partition coefficient (Wildman–Crippen LogP) is 3.29. The molecule has 6 heteroatoms. The van der Waals surface area contributed by atoms with Gasteiger partial charge in [-0.2, -0.15) is 0 Å². The van der Waals surface area contributed by atoms with Crippen molar-refractivity contribution in [1.29, 1.82) is 0 Å². The highest BCUT2D eigenvalue weighted by Crippen LogP contribution is 2.31. The molecule has 0 saturated heterocycles. The minimum atomic E-state index is -0.443. The van der Waals surface area contributed by atoms with Crippen molar-refractivity contribution in [2.45, 2.75) is 26.5 Å². The van der Waals surface area contributed by atoms with E-state index in [-0.39, 0.29) is 11.9 Å². The number of thiazole rings is 1. The van der Waals surface area contributed by atoms with Gasteiger partial charge in [-0.1, -0.05) is 0 Å². The number of hydrogen-bond donors (Lipinski definition) is 1. The zero-order valence-corrected chi connectivity index (χ0v) is 12.6. The van der Waals surface area contributed by atoms with Crippen LogP contribution in [0.2, 0.25) is 0 Å². The Balaban J connectivity index is 2.25. The zero-order valence-electron chi connectivity index (χ0n) is 11.8. The Kier molecular flexibility index (Phi) is 4.44. The first-order chi connectivity index (χ1) is 9.47. The summed E-state index contributed by atoms with van der Waals surface area (Å²) >= 11 is 1.54. The van der Waals surface area contributed by atoms with Crippen molar-refractivity contribution >= 4 is 22.7 Å². The molecule has 2 aromatic rings. The van der Waals surface area contributed by atoms with Crippen LogP contribution >= 0.6 is 11.3 Å². The van der Waals surface area contributed by atoms with Crippen molar-refractivity contribution in [3.8, 4) is 5.75 Å². The molecule has 0 spiro atoms. The van der Waals surface area contributed by atoms with Gasteiger partial charge in [-0.25, -0.2) is 9.37 Å². The van der Waals surface area contributed by atoms with Crippen LogP contribution in [0.25, 0.3) is 0 Å². The molecule has 0 atom stereocenters. The number of aromatic nitrogens is 1. The minimum Gasteiger partial charge on any atom is -0.488 e. The molecule has 108 valence electrons. The van der Waals surface area contributed by atoms with E-state index in [1.165, 1.54) is 6.07 Å². The molecule has 2 rings (SSSR count). The smallest absolute Gasteiger partial charge is 0.167 e. The second-order valence-corrected chi connectivity index (χ2v) is 5.56. The van der Waals surface area contributed by atoms with Crippen molar-refractivity contribution in [1.82, 2.24) is 4.98 Å². The third-order valence-electron chi connectivity index (χ3n) is 2.74. The second kappa shape index (κ2) is 6.09. The number of nitrogens with two attached hydrogens (primary N) is 1. The maximum absolute atomic E-state index is 13.8. The highest BCUT2D eigenvalue weighted by atomic mass is 32.1. The number of benzene rings is 1. The molecule has 0 aliphatic carbocycles. The van der Waals surface area contributed by atoms with Gasteiger partial charge in [-0.15, -0.1) is 11.3 Å². The van der Waals surface area contributed by atoms with Gasteiger partial charge < -0.3 is 15.4 Å². The third kappa shape index (κ3) is 3.39. The largest absolute Gasteiger partial charge is 0.488 e. The molecule has 1 aromatic heterocycles. The standard InChI is InChI=1S/C14H18FN3OS/c1-9(2)19-14-5-13(12(16)4-11(14)15)18(3)6-10-7-20-8-17-10/h4-5,7-9H,6,16H2,1-3H3. The lowest BCUT2D eigenvalue weighted by Crippen LogP contribution is -2.18. The van der Waals surface area contributed by atoms with Gasteiger partial charge in [0.25, 0.3) is 0 Å². The molecule has 0 bridgehead atoms. The Bertz CT molecular complexity index is 572. The number of nitrogen functional groups attached to an aromatic ring is 1. The van der Waals surface area contributed by atoms with Gasteiger partial charge in [0, 0.05) is 24.6 Å². The average molecular weight is 295 g/mol. The molecule has 0 fully saturated rings. The zero-order chi connectivity index (χ0) is 14.7. The maximum Gasteiger partial charge on any atom is 0.167 e. The summed E-state index contributed by atoms with van der Waals surface area (Å²) < 4.78 is 19.3. The summed E-state index contributed by atoms with van der Waals surface area (Å²) in [6.07, 6.45) is -0.0928. The molecule has 0 saturated carbocycles. The van der Waals surface area contributed by atoms with E-state index in [4.69, 9.17) is 10.5 Å². The Labute approximate surface area is 122 Å². The number of nitrogens with zero attached hydrogens (tertiary/aromatic N) is 2. The summed E-state index contributed by atoms with van der Waals surface area (Å²) in [5.41, 5.74) is 9.75. The van der Waals surface area contributed by atoms with Crippen LogP contribution in [0.15, 0.2) is 23.0 Å². The lowest BCUT2D eigenvalue weighted by Gasteiger charge is -2.22. The average Bonchev–Trinajstić information content (AvgIpc) is 2.84. The van der Waals surface area contributed by atoms with Crippen LogP contribution in [0.3, 0.4) is 0 Å². The topological polar surface area (TPSA) is 51.4 Å². The van der Waals surface area contributed by atoms with Crippen LogP contribution in [-0.4, -0.2) is 18.1 Å². The number of rotatable bonds is 5. The monoisotopic (exact) mass is 295 g/mol. The van der Waals surface area contributed by atoms with Gasteiger partial charge in [0.2, 0.25) is 0 Å².